The SMILES string of the molecule is CC(C)CC1CNCCN1Cc1cccc(F)c1Br. The molecule has 4 heteroatoms. The van der Waals surface area contributed by atoms with Crippen LogP contribution in [0.1, 0.15) is 25.8 Å². The standard InChI is InChI=1S/C15H22BrFN2/c1-11(2)8-13-9-18-6-7-19(13)10-12-4-3-5-14(17)15(12)16/h3-5,11,13,18H,6-10H2,1-2H3. The summed E-state index contributed by atoms with van der Waals surface area (Å²) in [4.78, 5) is 2.47. The fraction of sp³-hybridized carbons (Fsp3) is 0.600. The summed E-state index contributed by atoms with van der Waals surface area (Å²) in [7, 11) is 0. The van der Waals surface area contributed by atoms with E-state index in [0.29, 0.717) is 16.4 Å². The Kier molecular flexibility index (Phi) is 5.37. The van der Waals surface area contributed by atoms with Crippen LogP contribution in [0.2, 0.25) is 0 Å². The summed E-state index contributed by atoms with van der Waals surface area (Å²) in [5.74, 6) is 0.511. The zero-order valence-corrected chi connectivity index (χ0v) is 13.2. The molecule has 1 fully saturated rings. The van der Waals surface area contributed by atoms with Gasteiger partial charge in [0.05, 0.1) is 4.47 Å². The molecule has 1 aromatic rings. The zero-order valence-electron chi connectivity index (χ0n) is 11.6. The number of nitrogens with zero attached hydrogens (tertiary/aromatic N) is 1. The highest BCUT2D eigenvalue weighted by atomic mass is 79.9. The Bertz CT molecular complexity index is 423. The Hall–Kier alpha value is -0.450. The maximum absolute atomic E-state index is 13.6. The molecule has 1 N–H and O–H groups in total. The molecule has 2 nitrogen and oxygen atoms in total. The predicted octanol–water partition coefficient (Wildman–Crippen LogP) is 3.41. The van der Waals surface area contributed by atoms with Gasteiger partial charge in [-0.25, -0.2) is 4.39 Å². The van der Waals surface area contributed by atoms with Gasteiger partial charge in [-0.05, 0) is 39.9 Å². The van der Waals surface area contributed by atoms with Crippen molar-refractivity contribution in [1.29, 1.82) is 0 Å². The van der Waals surface area contributed by atoms with Crippen LogP contribution in [-0.2, 0) is 6.54 Å². The molecule has 0 aliphatic carbocycles. The third-order valence-corrected chi connectivity index (χ3v) is 4.51. The molecule has 19 heavy (non-hydrogen) atoms. The van der Waals surface area contributed by atoms with Gasteiger partial charge in [-0.3, -0.25) is 4.90 Å². The van der Waals surface area contributed by atoms with Gasteiger partial charge >= 0.3 is 0 Å². The molecule has 0 bridgehead atoms. The first-order valence-electron chi connectivity index (χ1n) is 6.95. The van der Waals surface area contributed by atoms with E-state index in [0.717, 1.165) is 31.7 Å². The molecular formula is C15H22BrFN2. The van der Waals surface area contributed by atoms with E-state index < -0.39 is 0 Å². The first kappa shape index (κ1) is 14.9. The second-order valence-corrected chi connectivity index (χ2v) is 6.46. The lowest BCUT2D eigenvalue weighted by atomic mass is 10.00. The van der Waals surface area contributed by atoms with Gasteiger partial charge in [0.25, 0.3) is 0 Å². The zero-order chi connectivity index (χ0) is 13.8. The summed E-state index contributed by atoms with van der Waals surface area (Å²) in [5, 5.41) is 3.45. The van der Waals surface area contributed by atoms with Crippen molar-refractivity contribution in [2.24, 2.45) is 5.92 Å². The topological polar surface area (TPSA) is 15.3 Å². The van der Waals surface area contributed by atoms with Crippen LogP contribution in [-0.4, -0.2) is 30.6 Å². The van der Waals surface area contributed by atoms with E-state index in [1.165, 1.54) is 12.5 Å². The number of piperazine rings is 1. The largest absolute Gasteiger partial charge is 0.314 e. The average Bonchev–Trinajstić information content (AvgIpc) is 2.36. The second kappa shape index (κ2) is 6.82. The molecule has 0 radical (unpaired) electrons. The number of hydrogen-bond donors (Lipinski definition) is 1. The summed E-state index contributed by atoms with van der Waals surface area (Å²) in [6.07, 6.45) is 1.18. The van der Waals surface area contributed by atoms with Gasteiger partial charge in [-0.15, -0.1) is 0 Å². The lowest BCUT2D eigenvalue weighted by molar-refractivity contribution is 0.134. The molecule has 1 heterocycles. The quantitative estimate of drug-likeness (QED) is 0.911. The third-order valence-electron chi connectivity index (χ3n) is 3.62. The Balaban J connectivity index is 2.08. The maximum atomic E-state index is 13.6. The monoisotopic (exact) mass is 328 g/mol. The fourth-order valence-electron chi connectivity index (χ4n) is 2.68. The molecule has 1 aromatic carbocycles. The van der Waals surface area contributed by atoms with Crippen LogP contribution in [0, 0.1) is 11.7 Å². The molecule has 106 valence electrons. The number of halogens is 2. The molecule has 0 saturated carbocycles. The highest BCUT2D eigenvalue weighted by Gasteiger charge is 2.23. The average molecular weight is 329 g/mol. The van der Waals surface area contributed by atoms with Crippen molar-refractivity contribution >= 4 is 15.9 Å². The molecule has 0 amide bonds. The van der Waals surface area contributed by atoms with Gasteiger partial charge in [0.15, 0.2) is 0 Å². The Labute approximate surface area is 123 Å². The van der Waals surface area contributed by atoms with Crippen LogP contribution >= 0.6 is 15.9 Å². The van der Waals surface area contributed by atoms with E-state index in [1.807, 2.05) is 6.07 Å². The first-order valence-corrected chi connectivity index (χ1v) is 7.75. The molecule has 1 atom stereocenters. The van der Waals surface area contributed by atoms with Crippen molar-refractivity contribution < 1.29 is 4.39 Å². The van der Waals surface area contributed by atoms with E-state index in [2.05, 4.69) is 40.0 Å². The fourth-order valence-corrected chi connectivity index (χ4v) is 3.07. The second-order valence-electron chi connectivity index (χ2n) is 5.67. The summed E-state index contributed by atoms with van der Waals surface area (Å²) in [5.41, 5.74) is 1.04. The van der Waals surface area contributed by atoms with Crippen LogP contribution in [0.25, 0.3) is 0 Å². The van der Waals surface area contributed by atoms with Crippen LogP contribution in [0.15, 0.2) is 22.7 Å². The Morgan fingerprint density at radius 3 is 3.00 bits per heavy atom. The van der Waals surface area contributed by atoms with Crippen molar-refractivity contribution in [3.05, 3.63) is 34.1 Å². The summed E-state index contributed by atoms with van der Waals surface area (Å²) < 4.78 is 14.2. The lowest BCUT2D eigenvalue weighted by Crippen LogP contribution is -2.51. The van der Waals surface area contributed by atoms with Crippen molar-refractivity contribution in [1.82, 2.24) is 10.2 Å². The first-order chi connectivity index (χ1) is 9.08. The van der Waals surface area contributed by atoms with Crippen LogP contribution < -0.4 is 5.32 Å². The van der Waals surface area contributed by atoms with E-state index in [9.17, 15) is 4.39 Å². The number of benzene rings is 1. The van der Waals surface area contributed by atoms with Crippen LogP contribution in [0.4, 0.5) is 4.39 Å². The van der Waals surface area contributed by atoms with Crippen molar-refractivity contribution in [2.75, 3.05) is 19.6 Å². The van der Waals surface area contributed by atoms with Gasteiger partial charge in [-0.1, -0.05) is 26.0 Å². The summed E-state index contributed by atoms with van der Waals surface area (Å²) in [6, 6.07) is 5.83. The highest BCUT2D eigenvalue weighted by Crippen LogP contribution is 2.24. The third kappa shape index (κ3) is 4.01. The van der Waals surface area contributed by atoms with Crippen molar-refractivity contribution in [3.8, 4) is 0 Å². The van der Waals surface area contributed by atoms with E-state index >= 15 is 0 Å². The van der Waals surface area contributed by atoms with E-state index in [-0.39, 0.29) is 5.82 Å². The maximum Gasteiger partial charge on any atom is 0.137 e. The normalized spacial score (nSPS) is 21.0. The van der Waals surface area contributed by atoms with E-state index in [4.69, 9.17) is 0 Å². The summed E-state index contributed by atoms with van der Waals surface area (Å²) >= 11 is 3.36. The smallest absolute Gasteiger partial charge is 0.137 e. The Morgan fingerprint density at radius 1 is 1.47 bits per heavy atom. The minimum Gasteiger partial charge on any atom is -0.314 e. The van der Waals surface area contributed by atoms with Gasteiger partial charge in [0, 0.05) is 32.2 Å². The molecule has 1 aliphatic rings. The highest BCUT2D eigenvalue weighted by molar-refractivity contribution is 9.10. The molecule has 1 unspecified atom stereocenters. The van der Waals surface area contributed by atoms with Gasteiger partial charge in [0.2, 0.25) is 0 Å². The molecule has 2 rings (SSSR count). The molecule has 1 aliphatic heterocycles. The van der Waals surface area contributed by atoms with Crippen molar-refractivity contribution in [3.63, 3.8) is 0 Å². The number of hydrogen-bond acceptors (Lipinski definition) is 2. The molecular weight excluding hydrogens is 307 g/mol. The molecule has 1 saturated heterocycles. The van der Waals surface area contributed by atoms with Gasteiger partial charge < -0.3 is 5.32 Å². The summed E-state index contributed by atoms with van der Waals surface area (Å²) in [6.45, 7) is 8.40. The number of nitrogens with one attached hydrogen (secondary N) is 1. The van der Waals surface area contributed by atoms with Crippen molar-refractivity contribution in [2.45, 2.75) is 32.9 Å². The minimum absolute atomic E-state index is 0.173. The van der Waals surface area contributed by atoms with Gasteiger partial charge in [0.1, 0.15) is 5.82 Å². The molecule has 0 aromatic heterocycles. The number of rotatable bonds is 4. The van der Waals surface area contributed by atoms with Crippen LogP contribution in [0.5, 0.6) is 0 Å². The van der Waals surface area contributed by atoms with Crippen LogP contribution in [0.3, 0.4) is 0 Å². The predicted molar refractivity (Wildman–Crippen MR) is 80.6 cm³/mol. The lowest BCUT2D eigenvalue weighted by Gasteiger charge is -2.37. The molecule has 0 spiro atoms. The van der Waals surface area contributed by atoms with Gasteiger partial charge in [-0.2, -0.15) is 0 Å². The minimum atomic E-state index is -0.173. The van der Waals surface area contributed by atoms with E-state index in [1.54, 1.807) is 6.07 Å². The Morgan fingerprint density at radius 2 is 2.26 bits per heavy atom.